The summed E-state index contributed by atoms with van der Waals surface area (Å²) in [5.74, 6) is -0.194. The molecule has 0 saturated carbocycles. The number of esters is 1. The molecule has 158 valence electrons. The van der Waals surface area contributed by atoms with Crippen LogP contribution in [0.5, 0.6) is 0 Å². The van der Waals surface area contributed by atoms with Gasteiger partial charge in [0.1, 0.15) is 5.82 Å². The van der Waals surface area contributed by atoms with E-state index in [0.717, 1.165) is 12.1 Å². The average molecular weight is 433 g/mol. The average Bonchev–Trinajstić information content (AvgIpc) is 3.14. The topological polar surface area (TPSA) is 111 Å². The van der Waals surface area contributed by atoms with Crippen LogP contribution in [0.2, 0.25) is 0 Å². The van der Waals surface area contributed by atoms with Gasteiger partial charge in [0.05, 0.1) is 10.5 Å². The Morgan fingerprint density at radius 1 is 1.20 bits per heavy atom. The first-order valence-corrected chi connectivity index (χ1v) is 10.6. The number of sulfonamides is 1. The third kappa shape index (κ3) is 5.63. The molecule has 3 rings (SSSR count). The number of nitrogens with zero attached hydrogens (tertiary/aromatic N) is 2. The Labute approximate surface area is 173 Å². The highest BCUT2D eigenvalue weighted by molar-refractivity contribution is 7.92. The van der Waals surface area contributed by atoms with Crippen molar-refractivity contribution in [1.29, 1.82) is 0 Å². The largest absolute Gasteiger partial charge is 0.452 e. The van der Waals surface area contributed by atoms with Gasteiger partial charge in [0.15, 0.2) is 12.4 Å². The summed E-state index contributed by atoms with van der Waals surface area (Å²) in [4.78, 5) is 16.3. The lowest BCUT2D eigenvalue weighted by Crippen LogP contribution is -2.14. The van der Waals surface area contributed by atoms with Crippen LogP contribution in [0.4, 0.5) is 10.1 Å². The molecule has 0 fully saturated rings. The van der Waals surface area contributed by atoms with Gasteiger partial charge in [0, 0.05) is 12.1 Å². The molecule has 0 radical (unpaired) electrons. The number of benzene rings is 2. The van der Waals surface area contributed by atoms with Gasteiger partial charge in [-0.25, -0.2) is 17.6 Å². The van der Waals surface area contributed by atoms with Crippen LogP contribution in [-0.2, 0) is 27.8 Å². The lowest BCUT2D eigenvalue weighted by Gasteiger charge is -2.09. The van der Waals surface area contributed by atoms with Crippen LogP contribution < -0.4 is 4.72 Å². The highest BCUT2D eigenvalue weighted by Crippen LogP contribution is 2.18. The summed E-state index contributed by atoms with van der Waals surface area (Å²) < 4.78 is 50.6. The molecule has 0 unspecified atom stereocenters. The summed E-state index contributed by atoms with van der Waals surface area (Å²) in [5.41, 5.74) is 0.233. The molecule has 0 atom stereocenters. The Morgan fingerprint density at radius 2 is 1.93 bits per heavy atom. The van der Waals surface area contributed by atoms with Crippen LogP contribution in [0.1, 0.15) is 35.9 Å². The summed E-state index contributed by atoms with van der Waals surface area (Å²) >= 11 is 0. The number of rotatable bonds is 8. The predicted octanol–water partition coefficient (Wildman–Crippen LogP) is 3.57. The maximum Gasteiger partial charge on any atom is 0.338 e. The maximum atomic E-state index is 13.0. The molecule has 3 aromatic rings. The number of hydrogen-bond donors (Lipinski definition) is 1. The van der Waals surface area contributed by atoms with E-state index in [0.29, 0.717) is 18.2 Å². The number of carbonyl (C=O) groups excluding carboxylic acids is 1. The summed E-state index contributed by atoms with van der Waals surface area (Å²) in [6, 6.07) is 10.2. The molecule has 2 aromatic carbocycles. The molecule has 0 bridgehead atoms. The van der Waals surface area contributed by atoms with Crippen LogP contribution in [0.25, 0.3) is 0 Å². The first-order valence-electron chi connectivity index (χ1n) is 9.10. The smallest absolute Gasteiger partial charge is 0.338 e. The fourth-order valence-electron chi connectivity index (χ4n) is 2.53. The zero-order chi connectivity index (χ0) is 21.7. The Balaban J connectivity index is 1.67. The molecule has 0 spiro atoms. The summed E-state index contributed by atoms with van der Waals surface area (Å²) in [6.07, 6.45) is 0.637. The first kappa shape index (κ1) is 21.4. The van der Waals surface area contributed by atoms with Crippen molar-refractivity contribution in [2.45, 2.75) is 31.8 Å². The molecule has 0 amide bonds. The van der Waals surface area contributed by atoms with E-state index in [1.54, 1.807) is 0 Å². The molecule has 8 nitrogen and oxygen atoms in total. The molecule has 30 heavy (non-hydrogen) atoms. The fraction of sp³-hybridized carbons (Fsp3) is 0.250. The summed E-state index contributed by atoms with van der Waals surface area (Å²) in [6.45, 7) is 3.80. The van der Waals surface area contributed by atoms with Gasteiger partial charge in [-0.05, 0) is 48.4 Å². The maximum absolute atomic E-state index is 13.0. The van der Waals surface area contributed by atoms with Crippen LogP contribution in [0.3, 0.4) is 0 Å². The van der Waals surface area contributed by atoms with E-state index in [1.165, 1.54) is 36.4 Å². The van der Waals surface area contributed by atoms with Gasteiger partial charge in [-0.2, -0.15) is 4.98 Å². The number of halogens is 1. The number of nitrogens with one attached hydrogen (secondary N) is 1. The van der Waals surface area contributed by atoms with E-state index in [4.69, 9.17) is 9.26 Å². The quantitative estimate of drug-likeness (QED) is 0.541. The van der Waals surface area contributed by atoms with Gasteiger partial charge in [0.25, 0.3) is 15.9 Å². The van der Waals surface area contributed by atoms with Crippen molar-refractivity contribution in [3.8, 4) is 0 Å². The van der Waals surface area contributed by atoms with Gasteiger partial charge in [0.2, 0.25) is 0 Å². The molecule has 1 N–H and O–H groups in total. The third-order valence-electron chi connectivity index (χ3n) is 3.90. The van der Waals surface area contributed by atoms with Crippen LogP contribution >= 0.6 is 0 Å². The predicted molar refractivity (Wildman–Crippen MR) is 106 cm³/mol. The van der Waals surface area contributed by atoms with E-state index >= 15 is 0 Å². The SMILES string of the molecule is CC(C)Cc1noc(COC(=O)c2cccc(S(=O)(=O)Nc3ccc(F)cc3)c2)n1. The van der Waals surface area contributed by atoms with E-state index in [2.05, 4.69) is 14.9 Å². The Bertz CT molecular complexity index is 1130. The fourth-order valence-corrected chi connectivity index (χ4v) is 3.63. The number of aromatic nitrogens is 2. The van der Waals surface area contributed by atoms with Gasteiger partial charge in [-0.1, -0.05) is 25.1 Å². The second-order valence-corrected chi connectivity index (χ2v) is 8.60. The van der Waals surface area contributed by atoms with Gasteiger partial charge in [-0.3, -0.25) is 4.72 Å². The van der Waals surface area contributed by atoms with Crippen LogP contribution in [0.15, 0.2) is 57.9 Å². The first-order chi connectivity index (χ1) is 14.2. The van der Waals surface area contributed by atoms with E-state index in [-0.39, 0.29) is 28.6 Å². The molecule has 0 aliphatic rings. The molecule has 0 aliphatic heterocycles. The second kappa shape index (κ2) is 9.04. The minimum atomic E-state index is -3.98. The highest BCUT2D eigenvalue weighted by Gasteiger charge is 2.18. The zero-order valence-electron chi connectivity index (χ0n) is 16.3. The minimum absolute atomic E-state index is 0.0406. The number of anilines is 1. The van der Waals surface area contributed by atoms with Crippen molar-refractivity contribution < 1.29 is 26.9 Å². The molecule has 0 aliphatic carbocycles. The van der Waals surface area contributed by atoms with Gasteiger partial charge < -0.3 is 9.26 Å². The lowest BCUT2D eigenvalue weighted by atomic mass is 10.1. The van der Waals surface area contributed by atoms with Crippen molar-refractivity contribution >= 4 is 21.7 Å². The van der Waals surface area contributed by atoms with E-state index < -0.39 is 21.8 Å². The van der Waals surface area contributed by atoms with Gasteiger partial charge in [-0.15, -0.1) is 0 Å². The molecule has 10 heteroatoms. The summed E-state index contributed by atoms with van der Waals surface area (Å²) in [7, 11) is -3.98. The standard InChI is InChI=1S/C20H20FN3O5S/c1-13(2)10-18-22-19(29-23-18)12-28-20(25)14-4-3-5-17(11-14)30(26,27)24-16-8-6-15(21)7-9-16/h3-9,11,13,24H,10,12H2,1-2H3. The minimum Gasteiger partial charge on any atom is -0.452 e. The Hall–Kier alpha value is -3.27. The Morgan fingerprint density at radius 3 is 2.63 bits per heavy atom. The van der Waals surface area contributed by atoms with Crippen molar-refractivity contribution in [3.63, 3.8) is 0 Å². The molecule has 0 saturated heterocycles. The third-order valence-corrected chi connectivity index (χ3v) is 5.28. The number of hydrogen-bond acceptors (Lipinski definition) is 7. The Kier molecular flexibility index (Phi) is 6.46. The second-order valence-electron chi connectivity index (χ2n) is 6.92. The molecular formula is C20H20FN3O5S. The lowest BCUT2D eigenvalue weighted by molar-refractivity contribution is 0.0429. The molecule has 1 heterocycles. The monoisotopic (exact) mass is 433 g/mol. The van der Waals surface area contributed by atoms with Crippen molar-refractivity contribution in [1.82, 2.24) is 10.1 Å². The van der Waals surface area contributed by atoms with Crippen LogP contribution in [0, 0.1) is 11.7 Å². The van der Waals surface area contributed by atoms with Crippen molar-refractivity contribution in [2.24, 2.45) is 5.92 Å². The normalized spacial score (nSPS) is 11.5. The van der Waals surface area contributed by atoms with E-state index in [1.807, 2.05) is 13.8 Å². The molecular weight excluding hydrogens is 413 g/mol. The number of carbonyl (C=O) groups is 1. The van der Waals surface area contributed by atoms with E-state index in [9.17, 15) is 17.6 Å². The zero-order valence-corrected chi connectivity index (χ0v) is 17.1. The highest BCUT2D eigenvalue weighted by atomic mass is 32.2. The van der Waals surface area contributed by atoms with Gasteiger partial charge >= 0.3 is 5.97 Å². The van der Waals surface area contributed by atoms with Crippen molar-refractivity contribution in [2.75, 3.05) is 4.72 Å². The van der Waals surface area contributed by atoms with Crippen molar-refractivity contribution in [3.05, 3.63) is 71.6 Å². The summed E-state index contributed by atoms with van der Waals surface area (Å²) in [5, 5.41) is 3.81. The number of ether oxygens (including phenoxy) is 1. The van der Waals surface area contributed by atoms with Crippen LogP contribution in [-0.4, -0.2) is 24.5 Å². The molecule has 1 aromatic heterocycles.